The molecule has 0 amide bonds. The summed E-state index contributed by atoms with van der Waals surface area (Å²) in [6.45, 7) is 2.97. The minimum Gasteiger partial charge on any atom is -0.508 e. The first-order valence-electron chi connectivity index (χ1n) is 4.83. The van der Waals surface area contributed by atoms with Crippen molar-refractivity contribution < 1.29 is 5.11 Å². The Labute approximate surface area is 82.2 Å². The molecule has 1 N–H and O–H groups in total. The molecule has 0 aliphatic heterocycles. The van der Waals surface area contributed by atoms with Crippen LogP contribution in [0.3, 0.4) is 0 Å². The van der Waals surface area contributed by atoms with Crippen LogP contribution in [0.2, 0.25) is 0 Å². The van der Waals surface area contributed by atoms with Crippen molar-refractivity contribution in [1.82, 2.24) is 15.0 Å². The number of nitrogens with zero attached hydrogens (tertiary/aromatic N) is 3. The molecule has 2 aromatic rings. The largest absolute Gasteiger partial charge is 0.508 e. The lowest BCUT2D eigenvalue weighted by Gasteiger charge is -1.94. The fraction of sp³-hybridized carbons (Fsp3) is 0.400. The number of hydrogen-bond acceptors (Lipinski definition) is 3. The highest BCUT2D eigenvalue weighted by molar-refractivity contribution is 5.75. The molecule has 0 radical (unpaired) electrons. The highest BCUT2D eigenvalue weighted by atomic mass is 16.3. The van der Waals surface area contributed by atoms with Gasteiger partial charge in [0.15, 0.2) is 0 Å². The predicted octanol–water partition coefficient (Wildman–Crippen LogP) is 1.94. The molecule has 1 aromatic carbocycles. The average Bonchev–Trinajstić information content (AvgIpc) is 2.56. The van der Waals surface area contributed by atoms with Crippen molar-refractivity contribution in [3.63, 3.8) is 0 Å². The highest BCUT2D eigenvalue weighted by Gasteiger charge is 2.02. The van der Waals surface area contributed by atoms with E-state index in [4.69, 9.17) is 0 Å². The number of rotatable bonds is 3. The molecular formula is C10H13N3O. The zero-order valence-electron chi connectivity index (χ0n) is 8.14. The SMILES string of the molecule is CCCCn1nc2ccc(O)cc2n1. The lowest BCUT2D eigenvalue weighted by molar-refractivity contribution is 0.476. The van der Waals surface area contributed by atoms with Crippen LogP contribution in [0.15, 0.2) is 18.2 Å². The third-order valence-corrected chi connectivity index (χ3v) is 2.12. The standard InChI is InChI=1S/C10H13N3O/c1-2-3-6-13-11-9-5-4-8(14)7-10(9)12-13/h4-5,7,14H,2-3,6H2,1H3. The first kappa shape index (κ1) is 8.99. The Hall–Kier alpha value is -1.58. The Morgan fingerprint density at radius 2 is 2.07 bits per heavy atom. The van der Waals surface area contributed by atoms with Crippen LogP contribution >= 0.6 is 0 Å². The van der Waals surface area contributed by atoms with Crippen molar-refractivity contribution in [2.24, 2.45) is 0 Å². The van der Waals surface area contributed by atoms with E-state index in [1.54, 1.807) is 23.0 Å². The number of unbranched alkanes of at least 4 members (excludes halogenated alkanes) is 1. The second kappa shape index (κ2) is 3.65. The van der Waals surface area contributed by atoms with E-state index in [2.05, 4.69) is 17.1 Å². The first-order chi connectivity index (χ1) is 6.79. The van der Waals surface area contributed by atoms with Gasteiger partial charge in [0.2, 0.25) is 0 Å². The van der Waals surface area contributed by atoms with E-state index in [0.717, 1.165) is 30.4 Å². The highest BCUT2D eigenvalue weighted by Crippen LogP contribution is 2.15. The van der Waals surface area contributed by atoms with Gasteiger partial charge in [-0.15, -0.1) is 0 Å². The van der Waals surface area contributed by atoms with Gasteiger partial charge < -0.3 is 5.11 Å². The lowest BCUT2D eigenvalue weighted by atomic mass is 10.3. The van der Waals surface area contributed by atoms with Crippen molar-refractivity contribution in [2.45, 2.75) is 26.3 Å². The van der Waals surface area contributed by atoms with Crippen molar-refractivity contribution >= 4 is 11.0 Å². The lowest BCUT2D eigenvalue weighted by Crippen LogP contribution is -2.01. The Morgan fingerprint density at radius 3 is 2.86 bits per heavy atom. The third-order valence-electron chi connectivity index (χ3n) is 2.12. The number of aromatic nitrogens is 3. The molecule has 0 fully saturated rings. The molecule has 0 atom stereocenters. The molecule has 0 bridgehead atoms. The fourth-order valence-electron chi connectivity index (χ4n) is 1.35. The maximum absolute atomic E-state index is 9.24. The summed E-state index contributed by atoms with van der Waals surface area (Å²) in [6.07, 6.45) is 2.20. The van der Waals surface area contributed by atoms with Crippen LogP contribution in [0.5, 0.6) is 5.75 Å². The number of phenolic OH excluding ortho intramolecular Hbond substituents is 1. The average molecular weight is 191 g/mol. The summed E-state index contributed by atoms with van der Waals surface area (Å²) in [6, 6.07) is 5.03. The minimum atomic E-state index is 0.236. The van der Waals surface area contributed by atoms with Gasteiger partial charge in [0.25, 0.3) is 0 Å². The smallest absolute Gasteiger partial charge is 0.117 e. The summed E-state index contributed by atoms with van der Waals surface area (Å²) in [4.78, 5) is 1.69. The van der Waals surface area contributed by atoms with E-state index < -0.39 is 0 Å². The fourth-order valence-corrected chi connectivity index (χ4v) is 1.35. The van der Waals surface area contributed by atoms with Crippen LogP contribution < -0.4 is 0 Å². The van der Waals surface area contributed by atoms with Gasteiger partial charge in [-0.1, -0.05) is 13.3 Å². The summed E-state index contributed by atoms with van der Waals surface area (Å²) in [7, 11) is 0. The molecule has 4 heteroatoms. The van der Waals surface area contributed by atoms with Gasteiger partial charge >= 0.3 is 0 Å². The topological polar surface area (TPSA) is 50.9 Å². The number of aryl methyl sites for hydroxylation is 1. The number of hydrogen-bond donors (Lipinski definition) is 1. The molecular weight excluding hydrogens is 178 g/mol. The molecule has 0 saturated carbocycles. The Balaban J connectivity index is 2.32. The normalized spacial score (nSPS) is 10.9. The number of aromatic hydroxyl groups is 1. The molecule has 4 nitrogen and oxygen atoms in total. The number of benzene rings is 1. The number of phenols is 1. The molecule has 0 unspecified atom stereocenters. The van der Waals surface area contributed by atoms with Crippen LogP contribution in [-0.2, 0) is 6.54 Å². The Kier molecular flexibility index (Phi) is 2.35. The quantitative estimate of drug-likeness (QED) is 0.806. The molecule has 14 heavy (non-hydrogen) atoms. The molecule has 74 valence electrons. The van der Waals surface area contributed by atoms with Crippen molar-refractivity contribution in [3.8, 4) is 5.75 Å². The Bertz CT molecular complexity index is 436. The van der Waals surface area contributed by atoms with Gasteiger partial charge in [0.05, 0.1) is 6.54 Å². The molecule has 0 aliphatic carbocycles. The number of fused-ring (bicyclic) bond motifs is 1. The van der Waals surface area contributed by atoms with E-state index >= 15 is 0 Å². The van der Waals surface area contributed by atoms with E-state index in [9.17, 15) is 5.11 Å². The van der Waals surface area contributed by atoms with Crippen molar-refractivity contribution in [1.29, 1.82) is 0 Å². The second-order valence-corrected chi connectivity index (χ2v) is 3.32. The Morgan fingerprint density at radius 1 is 1.29 bits per heavy atom. The molecule has 2 rings (SSSR count). The molecule has 0 saturated heterocycles. The van der Waals surface area contributed by atoms with E-state index in [-0.39, 0.29) is 5.75 Å². The van der Waals surface area contributed by atoms with Crippen LogP contribution in [0, 0.1) is 0 Å². The van der Waals surface area contributed by atoms with E-state index in [0.29, 0.717) is 0 Å². The van der Waals surface area contributed by atoms with E-state index in [1.165, 1.54) is 0 Å². The van der Waals surface area contributed by atoms with E-state index in [1.807, 2.05) is 0 Å². The summed E-state index contributed by atoms with van der Waals surface area (Å²) >= 11 is 0. The minimum absolute atomic E-state index is 0.236. The maximum atomic E-state index is 9.24. The maximum Gasteiger partial charge on any atom is 0.117 e. The van der Waals surface area contributed by atoms with Crippen molar-refractivity contribution in [2.75, 3.05) is 0 Å². The van der Waals surface area contributed by atoms with Gasteiger partial charge in [-0.3, -0.25) is 0 Å². The summed E-state index contributed by atoms with van der Waals surface area (Å²) in [5.41, 5.74) is 1.58. The summed E-state index contributed by atoms with van der Waals surface area (Å²) < 4.78 is 0. The van der Waals surface area contributed by atoms with Crippen LogP contribution in [-0.4, -0.2) is 20.1 Å². The van der Waals surface area contributed by atoms with Gasteiger partial charge in [-0.05, 0) is 18.6 Å². The first-order valence-corrected chi connectivity index (χ1v) is 4.83. The predicted molar refractivity (Wildman–Crippen MR) is 54.1 cm³/mol. The van der Waals surface area contributed by atoms with Crippen LogP contribution in [0.4, 0.5) is 0 Å². The molecule has 0 spiro atoms. The van der Waals surface area contributed by atoms with Crippen molar-refractivity contribution in [3.05, 3.63) is 18.2 Å². The summed E-state index contributed by atoms with van der Waals surface area (Å²) in [5.74, 6) is 0.236. The van der Waals surface area contributed by atoms with Gasteiger partial charge in [0, 0.05) is 6.07 Å². The zero-order valence-corrected chi connectivity index (χ0v) is 8.14. The molecule has 1 aromatic heterocycles. The van der Waals surface area contributed by atoms with Crippen LogP contribution in [0.25, 0.3) is 11.0 Å². The monoisotopic (exact) mass is 191 g/mol. The summed E-state index contributed by atoms with van der Waals surface area (Å²) in [5, 5.41) is 17.8. The zero-order chi connectivity index (χ0) is 9.97. The van der Waals surface area contributed by atoms with Crippen LogP contribution in [0.1, 0.15) is 19.8 Å². The van der Waals surface area contributed by atoms with Gasteiger partial charge in [-0.25, -0.2) is 0 Å². The third kappa shape index (κ3) is 1.69. The van der Waals surface area contributed by atoms with Gasteiger partial charge in [0.1, 0.15) is 16.8 Å². The second-order valence-electron chi connectivity index (χ2n) is 3.32. The molecule has 1 heterocycles. The molecule has 0 aliphatic rings. The van der Waals surface area contributed by atoms with Gasteiger partial charge in [-0.2, -0.15) is 15.0 Å².